The molecule has 3 aliphatic heterocycles. The van der Waals surface area contributed by atoms with Crippen LogP contribution in [0, 0.1) is 0 Å². The van der Waals surface area contributed by atoms with Crippen molar-refractivity contribution in [2.75, 3.05) is 82.3 Å². The molecule has 4 N–H and O–H groups in total. The number of ether oxygens (including phenoxy) is 1. The number of H-pyrrole nitrogens is 1. The highest BCUT2D eigenvalue weighted by atomic mass is 35.5. The third-order valence-electron chi connectivity index (χ3n) is 9.42. The minimum Gasteiger partial charge on any atom is -0.378 e. The van der Waals surface area contributed by atoms with Gasteiger partial charge in [0.05, 0.1) is 18.6 Å². The molecule has 280 valence electrons. The van der Waals surface area contributed by atoms with Crippen molar-refractivity contribution in [3.8, 4) is 11.3 Å². The van der Waals surface area contributed by atoms with Crippen molar-refractivity contribution < 1.29 is 14.3 Å². The van der Waals surface area contributed by atoms with Crippen molar-refractivity contribution in [2.45, 2.75) is 25.4 Å². The summed E-state index contributed by atoms with van der Waals surface area (Å²) >= 11 is 0. The quantitative estimate of drug-likeness (QED) is 0.175. The number of hydrogen-bond donors (Lipinski definition) is 4. The highest BCUT2D eigenvalue weighted by molar-refractivity contribution is 6.03. The highest BCUT2D eigenvalue weighted by Crippen LogP contribution is 2.30. The number of amides is 2. The van der Waals surface area contributed by atoms with Gasteiger partial charge in [0.1, 0.15) is 23.5 Å². The molecule has 1 aromatic carbocycles. The molecule has 7 rings (SSSR count). The van der Waals surface area contributed by atoms with Crippen LogP contribution in [-0.4, -0.2) is 120 Å². The molecule has 0 spiro atoms. The molecule has 3 aromatic heterocycles. The van der Waals surface area contributed by atoms with E-state index in [-0.39, 0.29) is 55.1 Å². The number of halogens is 3. The Balaban J connectivity index is 0.00000202. The van der Waals surface area contributed by atoms with Gasteiger partial charge in [-0.05, 0) is 60.8 Å². The van der Waals surface area contributed by atoms with Crippen LogP contribution in [0.1, 0.15) is 28.9 Å². The number of nitrogens with zero attached hydrogens (tertiary/aromatic N) is 6. The van der Waals surface area contributed by atoms with Gasteiger partial charge in [-0.2, -0.15) is 0 Å². The number of hydrogen-bond acceptors (Lipinski definition) is 10. The van der Waals surface area contributed by atoms with E-state index in [1.165, 1.54) is 0 Å². The van der Waals surface area contributed by atoms with Gasteiger partial charge >= 0.3 is 0 Å². The molecule has 0 bridgehead atoms. The Morgan fingerprint density at radius 1 is 0.923 bits per heavy atom. The van der Waals surface area contributed by atoms with E-state index in [2.05, 4.69) is 63.2 Å². The second-order valence-corrected chi connectivity index (χ2v) is 13.0. The predicted octanol–water partition coefficient (Wildman–Crippen LogP) is 3.92. The van der Waals surface area contributed by atoms with Gasteiger partial charge in [-0.3, -0.25) is 24.4 Å². The molecule has 3 fully saturated rings. The Kier molecular flexibility index (Phi) is 15.2. The van der Waals surface area contributed by atoms with E-state index >= 15 is 0 Å². The van der Waals surface area contributed by atoms with Crippen LogP contribution in [0.4, 0.5) is 11.5 Å². The molecule has 0 radical (unpaired) electrons. The Morgan fingerprint density at radius 3 is 2.46 bits per heavy atom. The first-order chi connectivity index (χ1) is 24.0. The number of aromatic nitrogens is 4. The number of anilines is 2. The van der Waals surface area contributed by atoms with E-state index in [4.69, 9.17) is 4.74 Å². The van der Waals surface area contributed by atoms with E-state index in [9.17, 15) is 9.59 Å². The van der Waals surface area contributed by atoms with Gasteiger partial charge in [-0.15, -0.1) is 37.2 Å². The zero-order chi connectivity index (χ0) is 33.6. The van der Waals surface area contributed by atoms with Crippen LogP contribution in [0.5, 0.6) is 0 Å². The fraction of sp³-hybridized carbons (Fsp3) is 0.417. The van der Waals surface area contributed by atoms with Crippen LogP contribution in [-0.2, 0) is 16.1 Å². The lowest BCUT2D eigenvalue weighted by molar-refractivity contribution is -0.118. The fourth-order valence-electron chi connectivity index (χ4n) is 6.81. The van der Waals surface area contributed by atoms with Crippen LogP contribution in [0.15, 0.2) is 67.1 Å². The van der Waals surface area contributed by atoms with Crippen molar-refractivity contribution in [3.05, 3.63) is 78.4 Å². The molecule has 16 heteroatoms. The number of benzene rings is 1. The Hall–Kier alpha value is -3.82. The normalized spacial score (nSPS) is 18.0. The number of rotatable bonds is 10. The van der Waals surface area contributed by atoms with Gasteiger partial charge in [0, 0.05) is 88.1 Å². The number of nitrogens with one attached hydrogen (secondary N) is 4. The van der Waals surface area contributed by atoms with Crippen molar-refractivity contribution in [1.82, 2.24) is 40.4 Å². The number of morpholine rings is 1. The van der Waals surface area contributed by atoms with E-state index in [1.807, 2.05) is 36.4 Å². The van der Waals surface area contributed by atoms with Crippen LogP contribution < -0.4 is 20.9 Å². The number of likely N-dealkylation sites (tertiary alicyclic amines) is 1. The topological polar surface area (TPSA) is 144 Å². The standard InChI is InChI=1S/C36H44N10O3.3ClH/c1-25(21-44-13-10-37-11-14-44)35(47)42-29-3-2-12-45(23-29)22-26-8-9-38-32(19-26)36(48)41-28-6-4-27(5-7-28)31-20-30-33(43-31)39-24-40-34(30)46-15-17-49-18-16-46;;;/h4-9,19-20,24,29,37H,1-3,10-18,21-23H2,(H,41,48)(H,42,47)(H,39,40,43);3*1H/t29-;;;/m1.../s1. The molecule has 0 saturated carbocycles. The zero-order valence-corrected chi connectivity index (χ0v) is 31.5. The number of pyridine rings is 1. The van der Waals surface area contributed by atoms with E-state index in [0.29, 0.717) is 43.3 Å². The number of carbonyl (C=O) groups excluding carboxylic acids is 2. The second-order valence-electron chi connectivity index (χ2n) is 13.0. The number of aromatic amines is 1. The van der Waals surface area contributed by atoms with Crippen LogP contribution in [0.3, 0.4) is 0 Å². The summed E-state index contributed by atoms with van der Waals surface area (Å²) in [4.78, 5) is 49.7. The number of fused-ring (bicyclic) bond motifs is 1. The van der Waals surface area contributed by atoms with Gasteiger partial charge in [0.2, 0.25) is 5.91 Å². The summed E-state index contributed by atoms with van der Waals surface area (Å²) < 4.78 is 5.50. The van der Waals surface area contributed by atoms with Crippen LogP contribution >= 0.6 is 37.2 Å². The summed E-state index contributed by atoms with van der Waals surface area (Å²) in [6.07, 6.45) is 5.20. The number of carbonyl (C=O) groups is 2. The lowest BCUT2D eigenvalue weighted by Crippen LogP contribution is -2.49. The highest BCUT2D eigenvalue weighted by Gasteiger charge is 2.24. The molecule has 0 aliphatic carbocycles. The summed E-state index contributed by atoms with van der Waals surface area (Å²) in [6, 6.07) is 13.6. The first-order valence-corrected chi connectivity index (χ1v) is 17.2. The molecule has 3 saturated heterocycles. The summed E-state index contributed by atoms with van der Waals surface area (Å²) in [5, 5.41) is 10.5. The fourth-order valence-corrected chi connectivity index (χ4v) is 6.81. The van der Waals surface area contributed by atoms with E-state index in [1.54, 1.807) is 12.5 Å². The lowest BCUT2D eigenvalue weighted by Gasteiger charge is -2.33. The van der Waals surface area contributed by atoms with E-state index in [0.717, 1.165) is 98.9 Å². The average Bonchev–Trinajstić information content (AvgIpc) is 3.58. The third-order valence-corrected chi connectivity index (χ3v) is 9.42. The minimum absolute atomic E-state index is 0. The van der Waals surface area contributed by atoms with Crippen molar-refractivity contribution >= 4 is 71.6 Å². The SMILES string of the molecule is C=C(CN1CCNCC1)C(=O)N[C@@H]1CCCN(Cc2ccnc(C(=O)Nc3ccc(-c4cc5c(N6CCOCC6)ncnc5[nH]4)cc3)c2)C1.Cl.Cl.Cl. The second kappa shape index (κ2) is 19.3. The first kappa shape index (κ1) is 40.9. The largest absolute Gasteiger partial charge is 0.378 e. The minimum atomic E-state index is -0.266. The number of piperazine rings is 1. The molecule has 52 heavy (non-hydrogen) atoms. The molecule has 0 unspecified atom stereocenters. The Labute approximate surface area is 322 Å². The lowest BCUT2D eigenvalue weighted by atomic mass is 10.0. The predicted molar refractivity (Wildman–Crippen MR) is 211 cm³/mol. The molecule has 6 heterocycles. The van der Waals surface area contributed by atoms with Crippen molar-refractivity contribution in [1.29, 1.82) is 0 Å². The molecule has 2 amide bonds. The molecule has 4 aromatic rings. The summed E-state index contributed by atoms with van der Waals surface area (Å²) in [6.45, 7) is 13.7. The van der Waals surface area contributed by atoms with Crippen LogP contribution in [0.2, 0.25) is 0 Å². The van der Waals surface area contributed by atoms with Gasteiger partial charge in [-0.1, -0.05) is 18.7 Å². The van der Waals surface area contributed by atoms with Gasteiger partial charge in [0.25, 0.3) is 5.91 Å². The third kappa shape index (κ3) is 10.2. The molecular formula is C36H47Cl3N10O3. The van der Waals surface area contributed by atoms with Gasteiger partial charge in [0.15, 0.2) is 0 Å². The van der Waals surface area contributed by atoms with Gasteiger partial charge in [-0.25, -0.2) is 9.97 Å². The summed E-state index contributed by atoms with van der Waals surface area (Å²) in [5.41, 5.74) is 5.34. The summed E-state index contributed by atoms with van der Waals surface area (Å²) in [5.74, 6) is 0.580. The Morgan fingerprint density at radius 2 is 1.69 bits per heavy atom. The van der Waals surface area contributed by atoms with Crippen molar-refractivity contribution in [3.63, 3.8) is 0 Å². The zero-order valence-electron chi connectivity index (χ0n) is 29.0. The molecule has 13 nitrogen and oxygen atoms in total. The Bertz CT molecular complexity index is 1800. The van der Waals surface area contributed by atoms with Gasteiger partial charge < -0.3 is 30.6 Å². The summed E-state index contributed by atoms with van der Waals surface area (Å²) in [7, 11) is 0. The molecular weight excluding hydrogens is 727 g/mol. The molecule has 1 atom stereocenters. The van der Waals surface area contributed by atoms with E-state index < -0.39 is 0 Å². The maximum atomic E-state index is 13.2. The molecule has 3 aliphatic rings. The first-order valence-electron chi connectivity index (χ1n) is 17.2. The maximum Gasteiger partial charge on any atom is 0.274 e. The van der Waals surface area contributed by atoms with Crippen molar-refractivity contribution in [2.24, 2.45) is 0 Å². The smallest absolute Gasteiger partial charge is 0.274 e. The maximum absolute atomic E-state index is 13.2. The monoisotopic (exact) mass is 772 g/mol. The average molecular weight is 774 g/mol. The van der Waals surface area contributed by atoms with Crippen LogP contribution in [0.25, 0.3) is 22.3 Å². The number of piperidine rings is 1.